The van der Waals surface area contributed by atoms with E-state index < -0.39 is 11.5 Å². The lowest BCUT2D eigenvalue weighted by atomic mass is 10.0. The zero-order valence-corrected chi connectivity index (χ0v) is 15.5. The van der Waals surface area contributed by atoms with Crippen LogP contribution in [0.3, 0.4) is 0 Å². The van der Waals surface area contributed by atoms with E-state index >= 15 is 0 Å². The molecule has 0 bridgehead atoms. The zero-order valence-electron chi connectivity index (χ0n) is 15.5. The first-order valence-corrected chi connectivity index (χ1v) is 9.05. The topological polar surface area (TPSA) is 104 Å². The van der Waals surface area contributed by atoms with Gasteiger partial charge in [0.1, 0.15) is 17.1 Å². The van der Waals surface area contributed by atoms with Gasteiger partial charge >= 0.3 is 0 Å². The van der Waals surface area contributed by atoms with Gasteiger partial charge in [0.25, 0.3) is 11.5 Å². The maximum atomic E-state index is 12.8. The Morgan fingerprint density at radius 3 is 2.57 bits per heavy atom. The molecule has 0 radical (unpaired) electrons. The number of hydrogen-bond acceptors (Lipinski definition) is 4. The number of carbonyl (C=O) groups is 1. The molecule has 3 aromatic heterocycles. The van der Waals surface area contributed by atoms with Gasteiger partial charge in [0.2, 0.25) is 0 Å². The van der Waals surface area contributed by atoms with Gasteiger partial charge in [-0.05, 0) is 42.3 Å². The molecule has 28 heavy (non-hydrogen) atoms. The van der Waals surface area contributed by atoms with Crippen molar-refractivity contribution in [3.8, 4) is 11.5 Å². The Bertz CT molecular complexity index is 1140. The number of carbonyl (C=O) groups excluding carboxylic acids is 1. The minimum atomic E-state index is -0.474. The molecule has 7 heteroatoms. The molecule has 0 aliphatic carbocycles. The summed E-state index contributed by atoms with van der Waals surface area (Å²) in [6, 6.07) is 13.9. The number of rotatable bonds is 5. The number of benzene rings is 1. The van der Waals surface area contributed by atoms with Crippen molar-refractivity contribution >= 4 is 16.9 Å². The number of hydrogen-bond donors (Lipinski definition) is 3. The number of aromatic amines is 2. The standard InChI is InChI=1S/C21H20N4O3/c1-12(2)18(19-22-14-6-3-4-7-15(14)23-19)25-21(27)13-9-10-16(24-20(13)26)17-8-5-11-28-17/h3-12,18H,1-2H3,(H,22,23)(H,24,26)(H,25,27). The first-order chi connectivity index (χ1) is 13.5. The fraction of sp³-hybridized carbons (Fsp3) is 0.190. The van der Waals surface area contributed by atoms with E-state index in [-0.39, 0.29) is 17.5 Å². The van der Waals surface area contributed by atoms with Gasteiger partial charge < -0.3 is 19.7 Å². The summed E-state index contributed by atoms with van der Waals surface area (Å²) < 4.78 is 5.27. The molecule has 0 fully saturated rings. The van der Waals surface area contributed by atoms with E-state index in [1.54, 1.807) is 18.2 Å². The third kappa shape index (κ3) is 3.34. The molecule has 0 spiro atoms. The molecule has 4 aromatic rings. The summed E-state index contributed by atoms with van der Waals surface area (Å²) in [5.74, 6) is 0.817. The summed E-state index contributed by atoms with van der Waals surface area (Å²) in [5, 5.41) is 2.93. The van der Waals surface area contributed by atoms with Gasteiger partial charge in [-0.15, -0.1) is 0 Å². The molecular formula is C21H20N4O3. The lowest BCUT2D eigenvalue weighted by Crippen LogP contribution is -2.35. The third-order valence-corrected chi connectivity index (χ3v) is 4.60. The average molecular weight is 376 g/mol. The molecule has 1 amide bonds. The van der Waals surface area contributed by atoms with Crippen molar-refractivity contribution in [2.75, 3.05) is 0 Å². The molecule has 1 unspecified atom stereocenters. The maximum Gasteiger partial charge on any atom is 0.261 e. The lowest BCUT2D eigenvalue weighted by Gasteiger charge is -2.20. The summed E-state index contributed by atoms with van der Waals surface area (Å²) in [5.41, 5.74) is 1.82. The van der Waals surface area contributed by atoms with Crippen LogP contribution >= 0.6 is 0 Å². The molecule has 0 aliphatic rings. The van der Waals surface area contributed by atoms with Crippen molar-refractivity contribution in [2.45, 2.75) is 19.9 Å². The number of H-pyrrole nitrogens is 2. The summed E-state index contributed by atoms with van der Waals surface area (Å²) in [6.45, 7) is 3.98. The fourth-order valence-corrected chi connectivity index (χ4v) is 3.12. The number of fused-ring (bicyclic) bond motifs is 1. The van der Waals surface area contributed by atoms with E-state index in [4.69, 9.17) is 4.42 Å². The summed E-state index contributed by atoms with van der Waals surface area (Å²) in [6.07, 6.45) is 1.52. The van der Waals surface area contributed by atoms with Crippen LogP contribution in [-0.2, 0) is 0 Å². The molecule has 7 nitrogen and oxygen atoms in total. The average Bonchev–Trinajstić information content (AvgIpc) is 3.35. The number of furan rings is 1. The van der Waals surface area contributed by atoms with Crippen molar-refractivity contribution in [3.05, 3.63) is 76.5 Å². The van der Waals surface area contributed by atoms with Gasteiger partial charge in [0.15, 0.2) is 0 Å². The molecule has 1 aromatic carbocycles. The minimum Gasteiger partial charge on any atom is -0.463 e. The van der Waals surface area contributed by atoms with Crippen molar-refractivity contribution < 1.29 is 9.21 Å². The normalized spacial score (nSPS) is 12.4. The first kappa shape index (κ1) is 17.8. The summed E-state index contributed by atoms with van der Waals surface area (Å²) in [4.78, 5) is 35.7. The quantitative estimate of drug-likeness (QED) is 0.495. The van der Waals surface area contributed by atoms with Crippen LogP contribution in [0.25, 0.3) is 22.5 Å². The number of pyridine rings is 1. The maximum absolute atomic E-state index is 12.8. The molecule has 0 saturated carbocycles. The van der Waals surface area contributed by atoms with Crippen LogP contribution in [0.2, 0.25) is 0 Å². The van der Waals surface area contributed by atoms with Gasteiger partial charge in [-0.25, -0.2) is 4.98 Å². The molecule has 3 heterocycles. The van der Waals surface area contributed by atoms with Crippen molar-refractivity contribution in [1.82, 2.24) is 20.3 Å². The molecule has 0 saturated heterocycles. The lowest BCUT2D eigenvalue weighted by molar-refractivity contribution is 0.0922. The number of nitrogens with zero attached hydrogens (tertiary/aromatic N) is 1. The number of nitrogens with one attached hydrogen (secondary N) is 3. The van der Waals surface area contributed by atoms with E-state index in [9.17, 15) is 9.59 Å². The molecule has 142 valence electrons. The predicted octanol–water partition coefficient (Wildman–Crippen LogP) is 3.64. The highest BCUT2D eigenvalue weighted by molar-refractivity contribution is 5.94. The third-order valence-electron chi connectivity index (χ3n) is 4.60. The fourth-order valence-electron chi connectivity index (χ4n) is 3.12. The van der Waals surface area contributed by atoms with Gasteiger partial charge in [0.05, 0.1) is 29.0 Å². The Balaban J connectivity index is 1.61. The molecule has 3 N–H and O–H groups in total. The van der Waals surface area contributed by atoms with Gasteiger partial charge in [0, 0.05) is 0 Å². The van der Waals surface area contributed by atoms with Crippen LogP contribution in [0.15, 0.2) is 64.0 Å². The van der Waals surface area contributed by atoms with Crippen LogP contribution in [0.4, 0.5) is 0 Å². The van der Waals surface area contributed by atoms with Gasteiger partial charge in [-0.3, -0.25) is 9.59 Å². The number of aromatic nitrogens is 3. The second-order valence-electron chi connectivity index (χ2n) is 6.93. The Kier molecular flexibility index (Phi) is 4.57. The van der Waals surface area contributed by atoms with E-state index in [0.29, 0.717) is 17.3 Å². The summed E-state index contributed by atoms with van der Waals surface area (Å²) in [7, 11) is 0. The van der Waals surface area contributed by atoms with E-state index in [0.717, 1.165) is 11.0 Å². The van der Waals surface area contributed by atoms with Crippen LogP contribution in [-0.4, -0.2) is 20.9 Å². The highest BCUT2D eigenvalue weighted by Gasteiger charge is 2.23. The van der Waals surface area contributed by atoms with Gasteiger partial charge in [-0.2, -0.15) is 0 Å². The van der Waals surface area contributed by atoms with Crippen molar-refractivity contribution in [2.24, 2.45) is 5.92 Å². The monoisotopic (exact) mass is 376 g/mol. The van der Waals surface area contributed by atoms with Gasteiger partial charge in [-0.1, -0.05) is 26.0 Å². The number of para-hydroxylation sites is 2. The zero-order chi connectivity index (χ0) is 19.7. The highest BCUT2D eigenvalue weighted by atomic mass is 16.3. The van der Waals surface area contributed by atoms with Crippen molar-refractivity contribution in [3.63, 3.8) is 0 Å². The van der Waals surface area contributed by atoms with Crippen LogP contribution in [0, 0.1) is 5.92 Å². The van der Waals surface area contributed by atoms with E-state index in [1.807, 2.05) is 38.1 Å². The Labute approximate surface area is 160 Å². The Morgan fingerprint density at radius 2 is 1.89 bits per heavy atom. The van der Waals surface area contributed by atoms with Crippen molar-refractivity contribution in [1.29, 1.82) is 0 Å². The molecular weight excluding hydrogens is 356 g/mol. The largest absolute Gasteiger partial charge is 0.463 e. The highest BCUT2D eigenvalue weighted by Crippen LogP contribution is 2.22. The minimum absolute atomic E-state index is 0.0390. The number of amides is 1. The Morgan fingerprint density at radius 1 is 1.07 bits per heavy atom. The molecule has 4 rings (SSSR count). The second-order valence-corrected chi connectivity index (χ2v) is 6.93. The smallest absolute Gasteiger partial charge is 0.261 e. The first-order valence-electron chi connectivity index (χ1n) is 9.05. The predicted molar refractivity (Wildman–Crippen MR) is 106 cm³/mol. The van der Waals surface area contributed by atoms with E-state index in [2.05, 4.69) is 20.3 Å². The van der Waals surface area contributed by atoms with Crippen LogP contribution < -0.4 is 10.9 Å². The van der Waals surface area contributed by atoms with Crippen LogP contribution in [0.5, 0.6) is 0 Å². The molecule has 1 atom stereocenters. The number of imidazole rings is 1. The second kappa shape index (κ2) is 7.19. The van der Waals surface area contributed by atoms with Crippen LogP contribution in [0.1, 0.15) is 36.1 Å². The molecule has 0 aliphatic heterocycles. The SMILES string of the molecule is CC(C)C(NC(=O)c1ccc(-c2ccco2)[nH]c1=O)c1nc2ccccc2[nH]1. The summed E-state index contributed by atoms with van der Waals surface area (Å²) >= 11 is 0. The Hall–Kier alpha value is -3.61. The van der Waals surface area contributed by atoms with E-state index in [1.165, 1.54) is 12.3 Å².